The monoisotopic (exact) mass is 241 g/mol. The predicted octanol–water partition coefficient (Wildman–Crippen LogP) is 1.89. The molecule has 0 amide bonds. The van der Waals surface area contributed by atoms with Gasteiger partial charge in [0.25, 0.3) is 0 Å². The Labute approximate surface area is 105 Å². The van der Waals surface area contributed by atoms with E-state index in [2.05, 4.69) is 25.8 Å². The van der Waals surface area contributed by atoms with Crippen LogP contribution >= 0.6 is 0 Å². The molecule has 100 valence electrons. The zero-order valence-electron chi connectivity index (χ0n) is 11.4. The van der Waals surface area contributed by atoms with Crippen molar-refractivity contribution in [2.45, 2.75) is 57.8 Å². The number of aliphatic hydroxyl groups excluding tert-OH is 1. The summed E-state index contributed by atoms with van der Waals surface area (Å²) in [7, 11) is 2.14. The van der Waals surface area contributed by atoms with Crippen LogP contribution in [-0.4, -0.2) is 48.5 Å². The third-order valence-electron chi connectivity index (χ3n) is 4.42. The van der Waals surface area contributed by atoms with Crippen molar-refractivity contribution in [2.24, 2.45) is 11.8 Å². The molecule has 1 aliphatic carbocycles. The molecule has 0 bridgehead atoms. The van der Waals surface area contributed by atoms with E-state index in [0.29, 0.717) is 24.0 Å². The highest BCUT2D eigenvalue weighted by Crippen LogP contribution is 2.32. The second-order valence-electron chi connectivity index (χ2n) is 6.19. The maximum absolute atomic E-state index is 10.3. The van der Waals surface area contributed by atoms with Gasteiger partial charge in [-0.05, 0) is 44.6 Å². The molecule has 1 heterocycles. The summed E-state index contributed by atoms with van der Waals surface area (Å²) >= 11 is 0. The highest BCUT2D eigenvalue weighted by atomic mass is 16.5. The Morgan fingerprint density at radius 3 is 2.65 bits per heavy atom. The van der Waals surface area contributed by atoms with Crippen molar-refractivity contribution in [3.05, 3.63) is 0 Å². The molecule has 5 unspecified atom stereocenters. The molecule has 0 aromatic rings. The van der Waals surface area contributed by atoms with Crippen LogP contribution in [0.15, 0.2) is 0 Å². The van der Waals surface area contributed by atoms with Gasteiger partial charge in [-0.1, -0.05) is 13.8 Å². The van der Waals surface area contributed by atoms with Gasteiger partial charge in [0.2, 0.25) is 0 Å². The van der Waals surface area contributed by atoms with Crippen LogP contribution in [0.1, 0.15) is 39.5 Å². The molecular formula is C14H27NO2. The lowest BCUT2D eigenvalue weighted by molar-refractivity contribution is -0.0311. The van der Waals surface area contributed by atoms with Gasteiger partial charge in [-0.15, -0.1) is 0 Å². The van der Waals surface area contributed by atoms with Crippen LogP contribution in [0, 0.1) is 11.8 Å². The van der Waals surface area contributed by atoms with E-state index in [1.165, 1.54) is 19.3 Å². The topological polar surface area (TPSA) is 32.7 Å². The van der Waals surface area contributed by atoms with Crippen LogP contribution in [0.5, 0.6) is 0 Å². The van der Waals surface area contributed by atoms with Gasteiger partial charge in [0.05, 0.1) is 12.2 Å². The Balaban J connectivity index is 1.90. The molecule has 0 spiro atoms. The van der Waals surface area contributed by atoms with Crippen LogP contribution in [0.3, 0.4) is 0 Å². The fourth-order valence-corrected chi connectivity index (χ4v) is 3.76. The van der Waals surface area contributed by atoms with Crippen LogP contribution in [0.25, 0.3) is 0 Å². The van der Waals surface area contributed by atoms with Crippen molar-refractivity contribution >= 4 is 0 Å². The van der Waals surface area contributed by atoms with Crippen molar-refractivity contribution in [3.8, 4) is 0 Å². The molecular weight excluding hydrogens is 214 g/mol. The first-order chi connectivity index (χ1) is 8.08. The number of nitrogens with zero attached hydrogens (tertiary/aromatic N) is 1. The lowest BCUT2D eigenvalue weighted by atomic mass is 9.77. The zero-order valence-corrected chi connectivity index (χ0v) is 11.4. The van der Waals surface area contributed by atoms with Crippen molar-refractivity contribution in [2.75, 3.05) is 20.2 Å². The second kappa shape index (κ2) is 5.68. The molecule has 1 saturated heterocycles. The summed E-state index contributed by atoms with van der Waals surface area (Å²) in [5, 5.41) is 10.3. The normalized spacial score (nSPS) is 43.2. The molecule has 3 heteroatoms. The third kappa shape index (κ3) is 3.21. The zero-order chi connectivity index (χ0) is 12.4. The first-order valence-corrected chi connectivity index (χ1v) is 7.08. The average molecular weight is 241 g/mol. The number of ether oxygens (including phenoxy) is 1. The lowest BCUT2D eigenvalue weighted by Gasteiger charge is -2.42. The van der Waals surface area contributed by atoms with E-state index in [1.807, 2.05) is 0 Å². The van der Waals surface area contributed by atoms with E-state index in [4.69, 9.17) is 4.74 Å². The summed E-state index contributed by atoms with van der Waals surface area (Å²) in [5.74, 6) is 1.24. The largest absolute Gasteiger partial charge is 0.391 e. The summed E-state index contributed by atoms with van der Waals surface area (Å²) in [6.45, 7) is 6.41. The fourth-order valence-electron chi connectivity index (χ4n) is 3.76. The van der Waals surface area contributed by atoms with Gasteiger partial charge in [0.15, 0.2) is 0 Å². The van der Waals surface area contributed by atoms with E-state index >= 15 is 0 Å². The molecule has 1 aliphatic heterocycles. The molecule has 0 aromatic heterocycles. The highest BCUT2D eigenvalue weighted by molar-refractivity contribution is 4.89. The Bertz CT molecular complexity index is 228. The Morgan fingerprint density at radius 2 is 2.06 bits per heavy atom. The standard InChI is InChI=1S/C14H27NO2/c1-10-7-11(2)14(13(16)8-10)15(3)9-12-5-4-6-17-12/h10-14,16H,4-9H2,1-3H3. The average Bonchev–Trinajstić information content (AvgIpc) is 2.68. The minimum atomic E-state index is -0.167. The number of likely N-dealkylation sites (N-methyl/N-ethyl adjacent to an activating group) is 1. The van der Waals surface area contributed by atoms with E-state index in [1.54, 1.807) is 0 Å². The maximum atomic E-state index is 10.3. The molecule has 1 N–H and O–H groups in total. The van der Waals surface area contributed by atoms with Gasteiger partial charge >= 0.3 is 0 Å². The minimum Gasteiger partial charge on any atom is -0.391 e. The molecule has 2 fully saturated rings. The molecule has 3 nitrogen and oxygen atoms in total. The number of aliphatic hydroxyl groups is 1. The quantitative estimate of drug-likeness (QED) is 0.819. The van der Waals surface area contributed by atoms with Crippen molar-refractivity contribution in [1.29, 1.82) is 0 Å². The maximum Gasteiger partial charge on any atom is 0.0702 e. The SMILES string of the molecule is CC1CC(C)C(N(C)CC2CCCO2)C(O)C1. The molecule has 2 aliphatic rings. The van der Waals surface area contributed by atoms with E-state index in [-0.39, 0.29) is 6.10 Å². The van der Waals surface area contributed by atoms with Crippen LogP contribution < -0.4 is 0 Å². The number of rotatable bonds is 3. The number of hydrogen-bond donors (Lipinski definition) is 1. The summed E-state index contributed by atoms with van der Waals surface area (Å²) in [6, 6.07) is 0.315. The molecule has 1 saturated carbocycles. The Morgan fingerprint density at radius 1 is 1.29 bits per heavy atom. The number of hydrogen-bond acceptors (Lipinski definition) is 3. The van der Waals surface area contributed by atoms with Gasteiger partial charge in [0.1, 0.15) is 0 Å². The van der Waals surface area contributed by atoms with Crippen molar-refractivity contribution in [1.82, 2.24) is 4.90 Å². The molecule has 5 atom stereocenters. The van der Waals surface area contributed by atoms with E-state index < -0.39 is 0 Å². The van der Waals surface area contributed by atoms with Gasteiger partial charge in [0, 0.05) is 19.2 Å². The first-order valence-electron chi connectivity index (χ1n) is 7.08. The molecule has 0 aromatic carbocycles. The second-order valence-corrected chi connectivity index (χ2v) is 6.19. The summed E-state index contributed by atoms with van der Waals surface area (Å²) in [4.78, 5) is 2.33. The molecule has 0 radical (unpaired) electrons. The molecule has 2 rings (SSSR count). The predicted molar refractivity (Wildman–Crippen MR) is 69.0 cm³/mol. The Kier molecular flexibility index (Phi) is 4.45. The minimum absolute atomic E-state index is 0.167. The van der Waals surface area contributed by atoms with Gasteiger partial charge in [-0.2, -0.15) is 0 Å². The summed E-state index contributed by atoms with van der Waals surface area (Å²) in [6.07, 6.45) is 4.78. The highest BCUT2D eigenvalue weighted by Gasteiger charge is 2.36. The molecule has 17 heavy (non-hydrogen) atoms. The van der Waals surface area contributed by atoms with Gasteiger partial charge in [-0.3, -0.25) is 4.90 Å². The van der Waals surface area contributed by atoms with Crippen molar-refractivity contribution < 1.29 is 9.84 Å². The van der Waals surface area contributed by atoms with Crippen LogP contribution in [-0.2, 0) is 4.74 Å². The van der Waals surface area contributed by atoms with Crippen LogP contribution in [0.2, 0.25) is 0 Å². The van der Waals surface area contributed by atoms with Crippen LogP contribution in [0.4, 0.5) is 0 Å². The third-order valence-corrected chi connectivity index (χ3v) is 4.42. The Hall–Kier alpha value is -0.120. The lowest BCUT2D eigenvalue weighted by Crippen LogP contribution is -2.51. The van der Waals surface area contributed by atoms with Gasteiger partial charge < -0.3 is 9.84 Å². The first kappa shape index (κ1) is 13.3. The summed E-state index contributed by atoms with van der Waals surface area (Å²) in [5.41, 5.74) is 0. The smallest absolute Gasteiger partial charge is 0.0702 e. The summed E-state index contributed by atoms with van der Waals surface area (Å²) < 4.78 is 5.68. The fraction of sp³-hybridized carbons (Fsp3) is 1.00. The van der Waals surface area contributed by atoms with Crippen molar-refractivity contribution in [3.63, 3.8) is 0 Å². The van der Waals surface area contributed by atoms with E-state index in [9.17, 15) is 5.11 Å². The van der Waals surface area contributed by atoms with Gasteiger partial charge in [-0.25, -0.2) is 0 Å². The van der Waals surface area contributed by atoms with E-state index in [0.717, 1.165) is 19.6 Å².